The summed E-state index contributed by atoms with van der Waals surface area (Å²) in [5, 5.41) is 22.8. The molecular weight excluding hydrogens is 300 g/mol. The largest absolute Gasteiger partial charge is 0.491 e. The van der Waals surface area contributed by atoms with Crippen molar-refractivity contribution in [2.45, 2.75) is 50.2 Å². The van der Waals surface area contributed by atoms with Gasteiger partial charge in [-0.15, -0.1) is 0 Å². The van der Waals surface area contributed by atoms with E-state index in [0.717, 1.165) is 17.8 Å². The number of hydrogen-bond acceptors (Lipinski definition) is 4. The van der Waals surface area contributed by atoms with Gasteiger partial charge in [-0.1, -0.05) is 0 Å². The highest BCUT2D eigenvalue weighted by molar-refractivity contribution is 5.34. The van der Waals surface area contributed by atoms with Crippen molar-refractivity contribution >= 4 is 0 Å². The molecule has 4 bridgehead atoms. The van der Waals surface area contributed by atoms with Crippen LogP contribution in [-0.4, -0.2) is 29.9 Å². The van der Waals surface area contributed by atoms with Crippen molar-refractivity contribution in [2.75, 3.05) is 13.2 Å². The number of aliphatic hydroxyl groups excluding tert-OH is 1. The minimum absolute atomic E-state index is 0.282. The van der Waals surface area contributed by atoms with E-state index in [1.165, 1.54) is 38.5 Å². The Labute approximate surface area is 143 Å². The van der Waals surface area contributed by atoms with Crippen molar-refractivity contribution in [3.63, 3.8) is 0 Å². The maximum absolute atomic E-state index is 10.3. The molecule has 0 spiro atoms. The first-order valence-electron chi connectivity index (χ1n) is 9.20. The third kappa shape index (κ3) is 3.29. The lowest BCUT2D eigenvalue weighted by molar-refractivity contribution is -0.0266. The summed E-state index contributed by atoms with van der Waals surface area (Å²) in [6.07, 6.45) is 7.68. The van der Waals surface area contributed by atoms with Crippen LogP contribution in [0.5, 0.6) is 5.75 Å². The Balaban J connectivity index is 1.26. The van der Waals surface area contributed by atoms with Gasteiger partial charge in [-0.25, -0.2) is 0 Å². The normalized spacial score (nSPS) is 34.8. The first kappa shape index (κ1) is 15.9. The number of benzene rings is 1. The Morgan fingerprint density at radius 2 is 1.71 bits per heavy atom. The summed E-state index contributed by atoms with van der Waals surface area (Å²) in [5.74, 6) is 3.44. The van der Waals surface area contributed by atoms with Crippen LogP contribution in [0.4, 0.5) is 0 Å². The van der Waals surface area contributed by atoms with Gasteiger partial charge in [-0.05, 0) is 80.5 Å². The molecule has 2 N–H and O–H groups in total. The molecule has 0 heterocycles. The zero-order valence-electron chi connectivity index (χ0n) is 14.1. The molecule has 1 atom stereocenters. The van der Waals surface area contributed by atoms with Gasteiger partial charge in [0.25, 0.3) is 0 Å². The molecule has 0 saturated heterocycles. The number of ether oxygens (including phenoxy) is 1. The maximum atomic E-state index is 10.3. The van der Waals surface area contributed by atoms with E-state index in [0.29, 0.717) is 17.9 Å². The topological polar surface area (TPSA) is 65.3 Å². The zero-order chi connectivity index (χ0) is 16.6. The Hall–Kier alpha value is -1.57. The Kier molecular flexibility index (Phi) is 4.24. The van der Waals surface area contributed by atoms with Gasteiger partial charge >= 0.3 is 0 Å². The highest BCUT2D eigenvalue weighted by atomic mass is 16.5. The van der Waals surface area contributed by atoms with Gasteiger partial charge in [-0.2, -0.15) is 5.26 Å². The third-order valence-electron chi connectivity index (χ3n) is 6.18. The Bertz CT molecular complexity index is 584. The van der Waals surface area contributed by atoms with Crippen LogP contribution in [-0.2, 0) is 0 Å². The van der Waals surface area contributed by atoms with Gasteiger partial charge in [-0.3, -0.25) is 0 Å². The molecule has 0 aromatic heterocycles. The Morgan fingerprint density at radius 3 is 2.25 bits per heavy atom. The van der Waals surface area contributed by atoms with Crippen LogP contribution in [0.25, 0.3) is 0 Å². The van der Waals surface area contributed by atoms with Crippen molar-refractivity contribution in [2.24, 2.45) is 17.8 Å². The Morgan fingerprint density at radius 1 is 1.12 bits per heavy atom. The van der Waals surface area contributed by atoms with Gasteiger partial charge < -0.3 is 15.2 Å². The monoisotopic (exact) mass is 326 g/mol. The minimum atomic E-state index is -0.506. The summed E-state index contributed by atoms with van der Waals surface area (Å²) >= 11 is 0. The predicted octanol–water partition coefficient (Wildman–Crippen LogP) is 2.86. The molecule has 24 heavy (non-hydrogen) atoms. The van der Waals surface area contributed by atoms with Gasteiger partial charge in [0.15, 0.2) is 0 Å². The van der Waals surface area contributed by atoms with Crippen LogP contribution in [0.1, 0.15) is 44.1 Å². The molecule has 128 valence electrons. The first-order chi connectivity index (χ1) is 11.6. The molecule has 4 saturated carbocycles. The second kappa shape index (κ2) is 6.38. The summed E-state index contributed by atoms with van der Waals surface area (Å²) in [7, 11) is 0. The zero-order valence-corrected chi connectivity index (χ0v) is 14.1. The van der Waals surface area contributed by atoms with Gasteiger partial charge in [0.2, 0.25) is 0 Å². The average molecular weight is 326 g/mol. The van der Waals surface area contributed by atoms with Gasteiger partial charge in [0.05, 0.1) is 11.6 Å². The second-order valence-corrected chi connectivity index (χ2v) is 8.18. The molecule has 0 amide bonds. The standard InChI is InChI=1S/C20H26N2O2/c21-11-14-1-3-19(4-2-14)24-13-18(23)12-22-20-8-15-5-16(9-20)7-17(6-15)10-20/h1-4,15-18,22-23H,5-10,12-13H2/t15?,16?,17?,18-,20?/m1/s1. The highest BCUT2D eigenvalue weighted by Crippen LogP contribution is 2.55. The van der Waals surface area contributed by atoms with Crippen LogP contribution in [0.15, 0.2) is 24.3 Å². The maximum Gasteiger partial charge on any atom is 0.119 e. The number of nitrogens with one attached hydrogen (secondary N) is 1. The highest BCUT2D eigenvalue weighted by Gasteiger charge is 2.50. The molecule has 4 fully saturated rings. The minimum Gasteiger partial charge on any atom is -0.491 e. The van der Waals surface area contributed by atoms with Crippen molar-refractivity contribution < 1.29 is 9.84 Å². The summed E-state index contributed by atoms with van der Waals surface area (Å²) < 4.78 is 5.64. The molecule has 1 aromatic carbocycles. The molecular formula is C20H26N2O2. The van der Waals surface area contributed by atoms with Crippen molar-refractivity contribution in [3.8, 4) is 11.8 Å². The average Bonchev–Trinajstić information content (AvgIpc) is 2.57. The van der Waals surface area contributed by atoms with Gasteiger partial charge in [0.1, 0.15) is 18.5 Å². The molecule has 4 aliphatic rings. The summed E-state index contributed by atoms with van der Waals surface area (Å²) in [5.41, 5.74) is 0.899. The number of β-amino-alcohol motifs (C(OH)–C–C–N with tert-alkyl or cyclic N) is 1. The molecule has 0 aliphatic heterocycles. The fourth-order valence-corrected chi connectivity index (χ4v) is 5.54. The van der Waals surface area contributed by atoms with Crippen molar-refractivity contribution in [1.82, 2.24) is 5.32 Å². The van der Waals surface area contributed by atoms with Crippen LogP contribution in [0.3, 0.4) is 0 Å². The van der Waals surface area contributed by atoms with E-state index in [1.807, 2.05) is 0 Å². The fraction of sp³-hybridized carbons (Fsp3) is 0.650. The predicted molar refractivity (Wildman–Crippen MR) is 91.6 cm³/mol. The van der Waals surface area contributed by atoms with E-state index in [-0.39, 0.29) is 12.1 Å². The SMILES string of the molecule is N#Cc1ccc(OC[C@H](O)CNC23CC4CC(CC(C4)C2)C3)cc1. The molecule has 0 unspecified atom stereocenters. The van der Waals surface area contributed by atoms with E-state index < -0.39 is 6.10 Å². The first-order valence-corrected chi connectivity index (χ1v) is 9.20. The lowest BCUT2D eigenvalue weighted by atomic mass is 9.53. The second-order valence-electron chi connectivity index (χ2n) is 8.18. The number of nitriles is 1. The molecule has 1 aromatic rings. The van der Waals surface area contributed by atoms with Crippen LogP contribution in [0.2, 0.25) is 0 Å². The lowest BCUT2D eigenvalue weighted by Gasteiger charge is -2.57. The van der Waals surface area contributed by atoms with Crippen molar-refractivity contribution in [3.05, 3.63) is 29.8 Å². The third-order valence-corrected chi connectivity index (χ3v) is 6.18. The van der Waals surface area contributed by atoms with E-state index in [4.69, 9.17) is 10.00 Å². The van der Waals surface area contributed by atoms with Crippen molar-refractivity contribution in [1.29, 1.82) is 5.26 Å². The molecule has 4 heteroatoms. The van der Waals surface area contributed by atoms with Crippen LogP contribution >= 0.6 is 0 Å². The lowest BCUT2D eigenvalue weighted by Crippen LogP contribution is -2.59. The molecule has 0 radical (unpaired) electrons. The number of nitrogens with zero attached hydrogens (tertiary/aromatic N) is 1. The summed E-state index contributed by atoms with van der Waals surface area (Å²) in [4.78, 5) is 0. The quantitative estimate of drug-likeness (QED) is 0.844. The number of hydrogen-bond donors (Lipinski definition) is 2. The van der Waals surface area contributed by atoms with E-state index >= 15 is 0 Å². The van der Waals surface area contributed by atoms with Crippen LogP contribution in [0, 0.1) is 29.1 Å². The van der Waals surface area contributed by atoms with Gasteiger partial charge in [0, 0.05) is 12.1 Å². The number of rotatable bonds is 6. The molecule has 4 aliphatic carbocycles. The number of aliphatic hydroxyl groups is 1. The fourth-order valence-electron chi connectivity index (χ4n) is 5.54. The van der Waals surface area contributed by atoms with E-state index in [1.54, 1.807) is 24.3 Å². The summed E-state index contributed by atoms with van der Waals surface area (Å²) in [6.45, 7) is 0.883. The van der Waals surface area contributed by atoms with Crippen LogP contribution < -0.4 is 10.1 Å². The van der Waals surface area contributed by atoms with E-state index in [2.05, 4.69) is 11.4 Å². The van der Waals surface area contributed by atoms with E-state index in [9.17, 15) is 5.11 Å². The molecule has 4 nitrogen and oxygen atoms in total. The molecule has 5 rings (SSSR count). The smallest absolute Gasteiger partial charge is 0.119 e. The summed E-state index contributed by atoms with van der Waals surface area (Å²) in [6, 6.07) is 9.10.